The van der Waals surface area contributed by atoms with Crippen LogP contribution in [-0.4, -0.2) is 29.6 Å². The van der Waals surface area contributed by atoms with Gasteiger partial charge < -0.3 is 10.2 Å². The molecule has 7 rings (SSSR count). The highest BCUT2D eigenvalue weighted by molar-refractivity contribution is 6.18. The molecule has 0 radical (unpaired) electrons. The summed E-state index contributed by atoms with van der Waals surface area (Å²) in [5.74, 6) is -1.10. The number of carbonyl (C=O) groups excluding carboxylic acids is 3. The minimum atomic E-state index is -1.31. The van der Waals surface area contributed by atoms with Crippen LogP contribution in [0.5, 0.6) is 0 Å². The lowest BCUT2D eigenvalue weighted by Gasteiger charge is -2.39. The zero-order valence-electron chi connectivity index (χ0n) is 24.6. The molecule has 1 saturated heterocycles. The van der Waals surface area contributed by atoms with Crippen molar-refractivity contribution in [3.8, 4) is 0 Å². The smallest absolute Gasteiger partial charge is 0.238 e. The van der Waals surface area contributed by atoms with Crippen molar-refractivity contribution >= 4 is 34.4 Å². The average Bonchev–Trinajstić information content (AvgIpc) is 3.49. The van der Waals surface area contributed by atoms with E-state index in [0.29, 0.717) is 22.7 Å². The van der Waals surface area contributed by atoms with Gasteiger partial charge in [0, 0.05) is 28.1 Å². The van der Waals surface area contributed by atoms with E-state index in [4.69, 9.17) is 0 Å². The number of allylic oxidation sites excluding steroid dienone is 1. The second-order valence-electron chi connectivity index (χ2n) is 12.4. The fraction of sp³-hybridized carbons (Fsp3) is 0.237. The first kappa shape index (κ1) is 27.1. The standard InChI is InChI=1S/C38H34N2O3/c1-23(2)21-25-17-19-27(20-18-25)35(41)33-34(36(42)26-11-5-4-6-12-26)40-31-16-10-7-13-28(31)24(3)22-32(40)38(33)29-14-8-9-15-30(29)39-37(38)43/h4-20,22-23,32-34H,21H2,1-3H3,(H,39,43)/t32-,33+,34-,38-/m0/s1. The van der Waals surface area contributed by atoms with Crippen molar-refractivity contribution in [1.82, 2.24) is 0 Å². The Morgan fingerprint density at radius 2 is 1.47 bits per heavy atom. The first-order chi connectivity index (χ1) is 20.8. The van der Waals surface area contributed by atoms with Crippen LogP contribution in [-0.2, 0) is 16.6 Å². The highest BCUT2D eigenvalue weighted by Gasteiger charge is 2.70. The number of benzene rings is 4. The van der Waals surface area contributed by atoms with Crippen LogP contribution in [0.15, 0.2) is 109 Å². The molecule has 0 aliphatic carbocycles. The molecule has 4 atom stereocenters. The quantitative estimate of drug-likeness (QED) is 0.252. The maximum absolute atomic E-state index is 15.0. The highest BCUT2D eigenvalue weighted by Crippen LogP contribution is 2.58. The summed E-state index contributed by atoms with van der Waals surface area (Å²) in [6, 6.07) is 31.0. The van der Waals surface area contributed by atoms with E-state index < -0.39 is 23.4 Å². The summed E-state index contributed by atoms with van der Waals surface area (Å²) in [5, 5.41) is 3.11. The normalized spacial score (nSPS) is 23.4. The van der Waals surface area contributed by atoms with Gasteiger partial charge in [0.2, 0.25) is 5.91 Å². The lowest BCUT2D eigenvalue weighted by Crippen LogP contribution is -2.51. The van der Waals surface area contributed by atoms with E-state index in [9.17, 15) is 9.59 Å². The molecule has 3 heterocycles. The number of nitrogens with zero attached hydrogens (tertiary/aromatic N) is 1. The van der Waals surface area contributed by atoms with E-state index in [0.717, 1.165) is 34.4 Å². The lowest BCUT2D eigenvalue weighted by atomic mass is 9.64. The van der Waals surface area contributed by atoms with Gasteiger partial charge in [-0.2, -0.15) is 0 Å². The molecule has 214 valence electrons. The molecular weight excluding hydrogens is 532 g/mol. The molecule has 0 aromatic heterocycles. The zero-order chi connectivity index (χ0) is 29.9. The predicted molar refractivity (Wildman–Crippen MR) is 170 cm³/mol. The number of nitrogens with one attached hydrogen (secondary N) is 1. The van der Waals surface area contributed by atoms with E-state index in [1.807, 2.05) is 97.9 Å². The number of amides is 1. The molecule has 0 unspecified atom stereocenters. The van der Waals surface area contributed by atoms with E-state index in [-0.39, 0.29) is 17.5 Å². The van der Waals surface area contributed by atoms with Crippen molar-refractivity contribution in [3.63, 3.8) is 0 Å². The summed E-state index contributed by atoms with van der Waals surface area (Å²) in [6.07, 6.45) is 3.00. The molecule has 3 aliphatic heterocycles. The Morgan fingerprint density at radius 1 is 0.814 bits per heavy atom. The monoisotopic (exact) mass is 566 g/mol. The molecule has 1 fully saturated rings. The SMILES string of the molecule is CC1=C[C@@H]2N(c3ccccc31)[C@H](C(=O)c1ccccc1)[C@H](C(=O)c1ccc(CC(C)C)cc1)[C@@]21C(=O)Nc2ccccc21. The van der Waals surface area contributed by atoms with Crippen LogP contribution < -0.4 is 10.2 Å². The third kappa shape index (κ3) is 4.02. The van der Waals surface area contributed by atoms with Crippen molar-refractivity contribution in [3.05, 3.63) is 137 Å². The van der Waals surface area contributed by atoms with Crippen molar-refractivity contribution in [2.24, 2.45) is 11.8 Å². The zero-order valence-corrected chi connectivity index (χ0v) is 24.6. The Bertz CT molecular complexity index is 1790. The first-order valence-electron chi connectivity index (χ1n) is 15.0. The van der Waals surface area contributed by atoms with Crippen molar-refractivity contribution in [1.29, 1.82) is 0 Å². The molecule has 0 saturated carbocycles. The summed E-state index contributed by atoms with van der Waals surface area (Å²) in [6.45, 7) is 6.38. The molecule has 1 amide bonds. The van der Waals surface area contributed by atoms with Crippen LogP contribution in [0, 0.1) is 11.8 Å². The van der Waals surface area contributed by atoms with Gasteiger partial charge in [-0.25, -0.2) is 0 Å². The molecule has 43 heavy (non-hydrogen) atoms. The summed E-state index contributed by atoms with van der Waals surface area (Å²) < 4.78 is 0. The minimum absolute atomic E-state index is 0.169. The Labute approximate surface area is 252 Å². The number of fused-ring (bicyclic) bond motifs is 6. The van der Waals surface area contributed by atoms with Gasteiger partial charge in [0.25, 0.3) is 0 Å². The predicted octanol–water partition coefficient (Wildman–Crippen LogP) is 7.13. The van der Waals surface area contributed by atoms with Gasteiger partial charge in [0.15, 0.2) is 11.6 Å². The Kier molecular flexibility index (Phi) is 6.42. The molecule has 1 spiro atoms. The van der Waals surface area contributed by atoms with Crippen LogP contribution in [0.2, 0.25) is 0 Å². The summed E-state index contributed by atoms with van der Waals surface area (Å²) in [5.41, 5.74) is 5.19. The van der Waals surface area contributed by atoms with Gasteiger partial charge in [0.05, 0.1) is 12.0 Å². The molecular formula is C38H34N2O3. The molecule has 0 bridgehead atoms. The van der Waals surface area contributed by atoms with E-state index in [1.54, 1.807) is 12.1 Å². The second kappa shape index (κ2) is 10.2. The Hall–Kier alpha value is -4.77. The van der Waals surface area contributed by atoms with Crippen molar-refractivity contribution in [2.45, 2.75) is 44.7 Å². The first-order valence-corrected chi connectivity index (χ1v) is 15.0. The number of hydrogen-bond acceptors (Lipinski definition) is 4. The number of anilines is 2. The van der Waals surface area contributed by atoms with Gasteiger partial charge in [-0.05, 0) is 48.1 Å². The van der Waals surface area contributed by atoms with Crippen LogP contribution in [0.25, 0.3) is 5.57 Å². The second-order valence-corrected chi connectivity index (χ2v) is 12.4. The fourth-order valence-electron chi connectivity index (χ4n) is 7.62. The Balaban J connectivity index is 1.50. The highest BCUT2D eigenvalue weighted by atomic mass is 16.2. The number of hydrogen-bond donors (Lipinski definition) is 1. The number of ketones is 2. The lowest BCUT2D eigenvalue weighted by molar-refractivity contribution is -0.121. The summed E-state index contributed by atoms with van der Waals surface area (Å²) in [4.78, 5) is 46.3. The largest absolute Gasteiger partial charge is 0.352 e. The average molecular weight is 567 g/mol. The fourth-order valence-corrected chi connectivity index (χ4v) is 7.62. The van der Waals surface area contributed by atoms with Gasteiger partial charge in [-0.3, -0.25) is 14.4 Å². The number of para-hydroxylation sites is 2. The molecule has 5 nitrogen and oxygen atoms in total. The van der Waals surface area contributed by atoms with E-state index >= 15 is 4.79 Å². The summed E-state index contributed by atoms with van der Waals surface area (Å²) >= 11 is 0. The van der Waals surface area contributed by atoms with Crippen molar-refractivity contribution in [2.75, 3.05) is 10.2 Å². The summed E-state index contributed by atoms with van der Waals surface area (Å²) in [7, 11) is 0. The molecule has 3 aliphatic rings. The Morgan fingerprint density at radius 3 is 2.21 bits per heavy atom. The maximum atomic E-state index is 15.0. The third-order valence-electron chi connectivity index (χ3n) is 9.38. The van der Waals surface area contributed by atoms with E-state index in [2.05, 4.69) is 30.1 Å². The molecule has 4 aromatic carbocycles. The van der Waals surface area contributed by atoms with Gasteiger partial charge in [0.1, 0.15) is 11.5 Å². The van der Waals surface area contributed by atoms with Gasteiger partial charge in [-0.15, -0.1) is 0 Å². The van der Waals surface area contributed by atoms with E-state index in [1.165, 1.54) is 0 Å². The van der Waals surface area contributed by atoms with Crippen molar-refractivity contribution < 1.29 is 14.4 Å². The molecule has 5 heteroatoms. The minimum Gasteiger partial charge on any atom is -0.352 e. The van der Waals surface area contributed by atoms with Crippen LogP contribution in [0.1, 0.15) is 58.2 Å². The topological polar surface area (TPSA) is 66.5 Å². The van der Waals surface area contributed by atoms with Gasteiger partial charge >= 0.3 is 0 Å². The molecule has 4 aromatic rings. The molecule has 1 N–H and O–H groups in total. The van der Waals surface area contributed by atoms with Crippen LogP contribution >= 0.6 is 0 Å². The third-order valence-corrected chi connectivity index (χ3v) is 9.38. The number of rotatable bonds is 6. The van der Waals surface area contributed by atoms with Crippen LogP contribution in [0.4, 0.5) is 11.4 Å². The number of carbonyl (C=O) groups is 3. The van der Waals surface area contributed by atoms with Gasteiger partial charge in [-0.1, -0.05) is 111 Å². The van der Waals surface area contributed by atoms with Crippen LogP contribution in [0.3, 0.4) is 0 Å². The maximum Gasteiger partial charge on any atom is 0.238 e. The number of Topliss-reactive ketones (excluding diaryl/α,β-unsaturated/α-hetero) is 2.